The van der Waals surface area contributed by atoms with E-state index < -0.39 is 28.9 Å². The summed E-state index contributed by atoms with van der Waals surface area (Å²) in [5.41, 5.74) is 1.29. The van der Waals surface area contributed by atoms with Crippen molar-refractivity contribution in [2.75, 3.05) is 13.2 Å². The lowest BCUT2D eigenvalue weighted by atomic mass is 9.90. The Kier molecular flexibility index (Phi) is 6.23. The van der Waals surface area contributed by atoms with Gasteiger partial charge >= 0.3 is 5.97 Å². The fraction of sp³-hybridized carbons (Fsp3) is 0.238. The summed E-state index contributed by atoms with van der Waals surface area (Å²) in [6, 6.07) is 17.6. The normalized spacial score (nSPS) is 11.8. The molecule has 0 amide bonds. The Morgan fingerprint density at radius 1 is 1.14 bits per heavy atom. The zero-order chi connectivity index (χ0) is 20.8. The molecule has 1 unspecified atom stereocenters. The lowest BCUT2D eigenvalue weighted by molar-refractivity contribution is -0.481. The molecular weight excluding hydrogens is 374 g/mol. The number of rotatable bonds is 8. The molecule has 0 saturated heterocycles. The monoisotopic (exact) mass is 395 g/mol. The van der Waals surface area contributed by atoms with Crippen LogP contribution in [-0.4, -0.2) is 33.8 Å². The average molecular weight is 395 g/mol. The van der Waals surface area contributed by atoms with Crippen LogP contribution in [0.3, 0.4) is 0 Å². The summed E-state index contributed by atoms with van der Waals surface area (Å²) < 4.78 is 6.32. The number of carbonyl (C=O) groups is 1. The number of nitrogens with one attached hydrogen (secondary N) is 1. The van der Waals surface area contributed by atoms with Gasteiger partial charge in [-0.25, -0.2) is 4.68 Å². The lowest BCUT2D eigenvalue weighted by Crippen LogP contribution is -2.24. The van der Waals surface area contributed by atoms with Gasteiger partial charge in [0.1, 0.15) is 0 Å². The molecule has 2 aromatic carbocycles. The molecule has 1 aromatic heterocycles. The van der Waals surface area contributed by atoms with Gasteiger partial charge in [0.15, 0.2) is 0 Å². The smallest absolute Gasteiger partial charge is 0.311 e. The molecule has 8 nitrogen and oxygen atoms in total. The van der Waals surface area contributed by atoms with Crippen LogP contribution in [0.2, 0.25) is 0 Å². The van der Waals surface area contributed by atoms with Crippen molar-refractivity contribution in [2.45, 2.75) is 19.3 Å². The molecule has 0 radical (unpaired) electrons. The number of aromatic nitrogens is 2. The van der Waals surface area contributed by atoms with E-state index in [0.717, 1.165) is 0 Å². The molecule has 1 atom stereocenters. The van der Waals surface area contributed by atoms with Crippen molar-refractivity contribution in [3.05, 3.63) is 98.0 Å². The van der Waals surface area contributed by atoms with Crippen LogP contribution in [0.5, 0.6) is 0 Å². The molecule has 29 heavy (non-hydrogen) atoms. The highest BCUT2D eigenvalue weighted by Crippen LogP contribution is 2.26. The highest BCUT2D eigenvalue weighted by Gasteiger charge is 2.30. The maximum atomic E-state index is 13.3. The first kappa shape index (κ1) is 20.1. The molecule has 1 heterocycles. The van der Waals surface area contributed by atoms with Gasteiger partial charge in [-0.2, -0.15) is 0 Å². The zero-order valence-corrected chi connectivity index (χ0v) is 15.9. The first-order chi connectivity index (χ1) is 14.0. The summed E-state index contributed by atoms with van der Waals surface area (Å²) in [6.07, 6.45) is -0.181. The Morgan fingerprint density at radius 3 is 2.34 bits per heavy atom. The van der Waals surface area contributed by atoms with Gasteiger partial charge < -0.3 is 4.74 Å². The SMILES string of the molecule is CCOC(=O)Cc1[nH]n(-c2ccccc2)c(=O)c1C(C[N+](=O)[O-])c1ccccc1. The summed E-state index contributed by atoms with van der Waals surface area (Å²) in [7, 11) is 0. The third-order valence-electron chi connectivity index (χ3n) is 4.53. The second-order valence-electron chi connectivity index (χ2n) is 6.44. The summed E-state index contributed by atoms with van der Waals surface area (Å²) in [4.78, 5) is 36.3. The number of carbonyl (C=O) groups excluding carboxylic acids is 1. The van der Waals surface area contributed by atoms with Gasteiger partial charge in [-0.15, -0.1) is 0 Å². The Balaban J connectivity index is 2.18. The van der Waals surface area contributed by atoms with E-state index in [9.17, 15) is 19.7 Å². The molecule has 8 heteroatoms. The molecular formula is C21H21N3O5. The Labute approximate surface area is 166 Å². The average Bonchev–Trinajstić information content (AvgIpc) is 3.03. The molecule has 1 N–H and O–H groups in total. The number of benzene rings is 2. The van der Waals surface area contributed by atoms with Crippen LogP contribution < -0.4 is 5.56 Å². The van der Waals surface area contributed by atoms with E-state index in [2.05, 4.69) is 5.10 Å². The maximum Gasteiger partial charge on any atom is 0.311 e. The molecule has 3 aromatic rings. The number of aromatic amines is 1. The minimum Gasteiger partial charge on any atom is -0.466 e. The number of hydrogen-bond donors (Lipinski definition) is 1. The number of nitro groups is 1. The zero-order valence-electron chi connectivity index (χ0n) is 15.9. The molecule has 0 aliphatic carbocycles. The van der Waals surface area contributed by atoms with Gasteiger partial charge in [-0.3, -0.25) is 24.8 Å². The van der Waals surface area contributed by atoms with E-state index in [1.807, 2.05) is 6.07 Å². The van der Waals surface area contributed by atoms with E-state index in [1.165, 1.54) is 4.68 Å². The van der Waals surface area contributed by atoms with E-state index in [-0.39, 0.29) is 18.6 Å². The van der Waals surface area contributed by atoms with Crippen LogP contribution in [0, 0.1) is 10.1 Å². The first-order valence-electron chi connectivity index (χ1n) is 9.22. The second kappa shape index (κ2) is 9.01. The largest absolute Gasteiger partial charge is 0.466 e. The Bertz CT molecular complexity index is 1040. The third-order valence-corrected chi connectivity index (χ3v) is 4.53. The summed E-state index contributed by atoms with van der Waals surface area (Å²) >= 11 is 0. The quantitative estimate of drug-likeness (QED) is 0.358. The van der Waals surface area contributed by atoms with Crippen LogP contribution in [0.4, 0.5) is 0 Å². The third kappa shape index (κ3) is 4.60. The predicted octanol–water partition coefficient (Wildman–Crippen LogP) is 2.68. The van der Waals surface area contributed by atoms with Crippen LogP contribution in [-0.2, 0) is 16.0 Å². The summed E-state index contributed by atoms with van der Waals surface area (Å²) in [6.45, 7) is 1.42. The number of esters is 1. The van der Waals surface area contributed by atoms with E-state index in [4.69, 9.17) is 4.74 Å². The van der Waals surface area contributed by atoms with Crippen LogP contribution in [0.25, 0.3) is 5.69 Å². The topological polar surface area (TPSA) is 107 Å². The predicted molar refractivity (Wildman–Crippen MR) is 107 cm³/mol. The van der Waals surface area contributed by atoms with Crippen molar-refractivity contribution in [1.29, 1.82) is 0 Å². The summed E-state index contributed by atoms with van der Waals surface area (Å²) in [5, 5.41) is 14.3. The van der Waals surface area contributed by atoms with Gasteiger partial charge in [-0.05, 0) is 24.6 Å². The fourth-order valence-electron chi connectivity index (χ4n) is 3.30. The van der Waals surface area contributed by atoms with Gasteiger partial charge in [-0.1, -0.05) is 48.5 Å². The Hall–Kier alpha value is -3.68. The number of nitrogens with zero attached hydrogens (tertiary/aromatic N) is 2. The van der Waals surface area contributed by atoms with Gasteiger partial charge in [0, 0.05) is 4.92 Å². The minimum atomic E-state index is -0.802. The maximum absolute atomic E-state index is 13.3. The van der Waals surface area contributed by atoms with Crippen molar-refractivity contribution in [3.8, 4) is 5.69 Å². The fourth-order valence-corrected chi connectivity index (χ4v) is 3.30. The van der Waals surface area contributed by atoms with Gasteiger partial charge in [0.2, 0.25) is 6.54 Å². The Morgan fingerprint density at radius 2 is 1.76 bits per heavy atom. The minimum absolute atomic E-state index is 0.181. The van der Waals surface area contributed by atoms with E-state index >= 15 is 0 Å². The molecule has 0 fully saturated rings. The number of para-hydroxylation sites is 1. The molecule has 3 rings (SSSR count). The standard InChI is InChI=1S/C21H21N3O5/c1-2-29-19(25)13-18-20(17(14-23(27)28)15-9-5-3-6-10-15)21(26)24(22-18)16-11-7-4-8-12-16/h3-12,17,22H,2,13-14H2,1H3. The van der Waals surface area contributed by atoms with Crippen molar-refractivity contribution < 1.29 is 14.5 Å². The molecule has 0 bridgehead atoms. The van der Waals surface area contributed by atoms with Crippen LogP contribution in [0.1, 0.15) is 29.7 Å². The van der Waals surface area contributed by atoms with Crippen LogP contribution in [0.15, 0.2) is 65.5 Å². The molecule has 0 aliphatic heterocycles. The highest BCUT2D eigenvalue weighted by molar-refractivity contribution is 5.72. The molecule has 0 aliphatic rings. The van der Waals surface area contributed by atoms with Crippen molar-refractivity contribution in [3.63, 3.8) is 0 Å². The van der Waals surface area contributed by atoms with Crippen molar-refractivity contribution in [1.82, 2.24) is 9.78 Å². The van der Waals surface area contributed by atoms with Gasteiger partial charge in [0.25, 0.3) is 5.56 Å². The van der Waals surface area contributed by atoms with E-state index in [0.29, 0.717) is 16.9 Å². The lowest BCUT2D eigenvalue weighted by Gasteiger charge is -2.13. The number of ether oxygens (including phenoxy) is 1. The number of hydrogen-bond acceptors (Lipinski definition) is 5. The molecule has 150 valence electrons. The molecule has 0 spiro atoms. The summed E-state index contributed by atoms with van der Waals surface area (Å²) in [5.74, 6) is -1.31. The highest BCUT2D eigenvalue weighted by atomic mass is 16.6. The van der Waals surface area contributed by atoms with E-state index in [1.54, 1.807) is 61.5 Å². The van der Waals surface area contributed by atoms with Crippen molar-refractivity contribution in [2.24, 2.45) is 0 Å². The number of H-pyrrole nitrogens is 1. The molecule has 0 saturated carbocycles. The second-order valence-corrected chi connectivity index (χ2v) is 6.44. The van der Waals surface area contributed by atoms with Crippen LogP contribution >= 0.6 is 0 Å². The first-order valence-corrected chi connectivity index (χ1v) is 9.22. The van der Waals surface area contributed by atoms with Gasteiger partial charge in [0.05, 0.1) is 35.9 Å². The van der Waals surface area contributed by atoms with Crippen molar-refractivity contribution >= 4 is 5.97 Å².